The van der Waals surface area contributed by atoms with E-state index in [0.717, 1.165) is 88.8 Å². The van der Waals surface area contributed by atoms with E-state index in [9.17, 15) is 57.8 Å². The van der Waals surface area contributed by atoms with E-state index in [4.69, 9.17) is 85.2 Å². The van der Waals surface area contributed by atoms with E-state index in [1.165, 1.54) is 46.6 Å². The van der Waals surface area contributed by atoms with Gasteiger partial charge in [0.25, 0.3) is 5.91 Å². The predicted octanol–water partition coefficient (Wildman–Crippen LogP) is 11.7. The summed E-state index contributed by atoms with van der Waals surface area (Å²) in [6.45, 7) is 28.9. The molecule has 0 radical (unpaired) electrons. The first-order chi connectivity index (χ1) is 69.5. The molecular formula is C100H145N9O28S7Si2. The number of nitrogens with two attached hydrogens (primary N) is 2. The zero-order valence-corrected chi connectivity index (χ0v) is 92.0. The van der Waals surface area contributed by atoms with Crippen molar-refractivity contribution in [1.29, 1.82) is 0 Å². The number of aldehydes is 1. The lowest BCUT2D eigenvalue weighted by Gasteiger charge is -2.36. The number of benzene rings is 5. The van der Waals surface area contributed by atoms with Gasteiger partial charge in [-0.15, -0.1) is 0 Å². The van der Waals surface area contributed by atoms with Crippen molar-refractivity contribution in [3.8, 4) is 11.5 Å². The number of carboxylic acids is 5. The Morgan fingerprint density at radius 2 is 0.945 bits per heavy atom. The number of phenolic OH excluding ortho intramolecular Hbond substituents is 2. The molecule has 0 saturated carbocycles. The third-order valence-electron chi connectivity index (χ3n) is 21.9. The van der Waals surface area contributed by atoms with Gasteiger partial charge in [0.15, 0.2) is 22.9 Å². The Hall–Kier alpha value is -9.55. The first-order valence-electron chi connectivity index (χ1n) is 46.9. The molecule has 5 aliphatic heterocycles. The van der Waals surface area contributed by atoms with Crippen molar-refractivity contribution in [3.05, 3.63) is 227 Å². The fourth-order valence-electron chi connectivity index (χ4n) is 11.5. The van der Waals surface area contributed by atoms with Crippen molar-refractivity contribution in [2.75, 3.05) is 147 Å². The number of aromatic carboxylic acids is 1. The Balaban J connectivity index is 0.000000432. The summed E-state index contributed by atoms with van der Waals surface area (Å²) in [6, 6.07) is 45.0. The van der Waals surface area contributed by atoms with Crippen LogP contribution in [0.5, 0.6) is 11.5 Å². The van der Waals surface area contributed by atoms with Gasteiger partial charge in [0.05, 0.1) is 67.2 Å². The molecule has 17 N–H and O–H groups in total. The number of amides is 3. The Labute approximate surface area is 887 Å². The number of ether oxygens (including phenoxy) is 5. The van der Waals surface area contributed by atoms with Crippen molar-refractivity contribution in [2.45, 2.75) is 159 Å². The van der Waals surface area contributed by atoms with Crippen LogP contribution >= 0.6 is 83.2 Å². The van der Waals surface area contributed by atoms with Crippen LogP contribution in [0.1, 0.15) is 106 Å². The minimum absolute atomic E-state index is 0.00280. The Bertz CT molecular complexity index is 4870. The number of alkyl carbamates (subject to hydrolysis) is 1. The predicted molar refractivity (Wildman–Crippen MR) is 582 cm³/mol. The quantitative estimate of drug-likeness (QED) is 0.00330. The number of carbonyl (C=O) groups is 11. The number of aliphatic hydroxyl groups is 3. The highest BCUT2D eigenvalue weighted by atomic mass is 32.2. The number of aromatic nitrogens is 2. The van der Waals surface area contributed by atoms with Gasteiger partial charge in [-0.1, -0.05) is 169 Å². The number of carbonyl (C=O) groups excluding carboxylic acids is 6. The van der Waals surface area contributed by atoms with Crippen molar-refractivity contribution in [2.24, 2.45) is 11.5 Å². The third kappa shape index (κ3) is 54.6. The Kier molecular flexibility index (Phi) is 65.8. The number of phenols is 2. The number of aliphatic hydroxyl groups excluding tert-OH is 3. The molecule has 5 aromatic carbocycles. The van der Waals surface area contributed by atoms with Crippen LogP contribution in [0.15, 0.2) is 176 Å². The fraction of sp³-hybridized carbons (Fsp3) is 0.490. The number of esters is 2. The summed E-state index contributed by atoms with van der Waals surface area (Å²) in [6.07, 6.45) is 3.67. The molecule has 5 fully saturated rings. The highest BCUT2D eigenvalue weighted by molar-refractivity contribution is 8.00. The molecule has 7 heterocycles. The van der Waals surface area contributed by atoms with Crippen LogP contribution in [0.3, 0.4) is 0 Å². The normalized spacial score (nSPS) is 16.2. The number of pyridine rings is 2. The summed E-state index contributed by atoms with van der Waals surface area (Å²) >= 11 is 13.1. The maximum Gasteiger partial charge on any atom is 0.410 e. The average molecular weight is 2200 g/mol. The molecule has 146 heavy (non-hydrogen) atoms. The zero-order valence-electron chi connectivity index (χ0n) is 84.2. The van der Waals surface area contributed by atoms with Gasteiger partial charge >= 0.3 is 54.0 Å². The molecular weight excluding hydrogens is 2060 g/mol. The molecule has 46 heteroatoms. The van der Waals surface area contributed by atoms with E-state index in [1.807, 2.05) is 115 Å². The molecule has 808 valence electrons. The number of thioether (sulfide) groups is 6. The molecule has 7 aromatic rings. The molecule has 3 amide bonds. The lowest BCUT2D eigenvalue weighted by molar-refractivity contribution is -0.150. The van der Waals surface area contributed by atoms with Crippen LogP contribution in [0.4, 0.5) is 9.59 Å². The fourth-order valence-corrected chi connectivity index (χ4v) is 19.1. The first kappa shape index (κ1) is 131. The van der Waals surface area contributed by atoms with Gasteiger partial charge in [-0.2, -0.15) is 83.2 Å². The highest BCUT2D eigenvalue weighted by Gasteiger charge is 2.40. The maximum absolute atomic E-state index is 13.0. The van der Waals surface area contributed by atoms with Gasteiger partial charge in [0.2, 0.25) is 0 Å². The molecule has 37 nitrogen and oxygen atoms in total. The molecule has 0 unspecified atom stereocenters. The van der Waals surface area contributed by atoms with Crippen LogP contribution in [0.25, 0.3) is 0 Å². The van der Waals surface area contributed by atoms with Gasteiger partial charge in [-0.25, -0.2) is 24.0 Å². The number of rotatable bonds is 36. The first-order valence-corrected chi connectivity index (χ1v) is 60.2. The Morgan fingerprint density at radius 3 is 1.33 bits per heavy atom. The van der Waals surface area contributed by atoms with Crippen LogP contribution < -0.4 is 27.4 Å². The van der Waals surface area contributed by atoms with Crippen molar-refractivity contribution >= 4 is 166 Å². The smallest absolute Gasteiger partial charge is 0.410 e. The number of aliphatic carboxylic acids is 4. The molecule has 2 aromatic heterocycles. The second-order valence-corrected chi connectivity index (χ2v) is 52.0. The number of epoxide rings is 1. The van der Waals surface area contributed by atoms with E-state index in [1.54, 1.807) is 94.7 Å². The number of thiol groups is 1. The molecule has 5 saturated heterocycles. The van der Waals surface area contributed by atoms with Crippen LogP contribution in [0.2, 0.25) is 36.3 Å². The second-order valence-electron chi connectivity index (χ2n) is 35.1. The van der Waals surface area contributed by atoms with Gasteiger partial charge < -0.3 is 116 Å². The molecule has 0 spiro atoms. The number of aromatic hydroxyl groups is 2. The highest BCUT2D eigenvalue weighted by Crippen LogP contribution is 2.38. The second kappa shape index (κ2) is 73.6. The largest absolute Gasteiger partial charge is 0.507 e. The Morgan fingerprint density at radius 1 is 0.527 bits per heavy atom. The number of carboxylic acid groups (broad SMARTS) is 5. The molecule has 0 aliphatic carbocycles. The summed E-state index contributed by atoms with van der Waals surface area (Å²) < 4.78 is 37.8. The van der Waals surface area contributed by atoms with E-state index >= 15 is 0 Å². The van der Waals surface area contributed by atoms with Crippen LogP contribution in [0, 0.1) is 0 Å². The van der Waals surface area contributed by atoms with Gasteiger partial charge in [-0.05, 0) is 94.9 Å². The van der Waals surface area contributed by atoms with Gasteiger partial charge in [-0.3, -0.25) is 43.6 Å². The number of nitrogens with one attached hydrogen (secondary N) is 3. The van der Waals surface area contributed by atoms with Crippen molar-refractivity contribution < 1.29 is 136 Å². The minimum atomic E-state index is -1.81. The average Bonchev–Trinajstić information content (AvgIpc) is 1.01. The summed E-state index contributed by atoms with van der Waals surface area (Å²) in [5, 5.41) is 95.8. The van der Waals surface area contributed by atoms with E-state index < -0.39 is 88.8 Å². The minimum Gasteiger partial charge on any atom is -0.507 e. The van der Waals surface area contributed by atoms with Crippen LogP contribution in [-0.2, 0) is 101 Å². The summed E-state index contributed by atoms with van der Waals surface area (Å²) in [5.41, 5.74) is 16.0. The van der Waals surface area contributed by atoms with Crippen molar-refractivity contribution in [1.82, 2.24) is 35.7 Å². The summed E-state index contributed by atoms with van der Waals surface area (Å²) in [4.78, 5) is 135. The third-order valence-corrected chi connectivity index (χ3v) is 37.8. The molecule has 7 atom stereocenters. The van der Waals surface area contributed by atoms with E-state index in [0.29, 0.717) is 92.1 Å². The zero-order chi connectivity index (χ0) is 108. The standard InChI is InChI=1S/C20H21NO4S.C19H32N2O3SSi.C14H23NO3Si.C13H17NO5S.C12H15NO2S.C7H6O3.C5H11NO3S.C5H9NO2S.C3H7NO2S.C2H4O/c22-19(24-13-16-7-3-1-4-8-16)18-15-26-12-11-21(18)20(23)25-14-17-9-5-2-6-10-17;1-19(2,3)26(4,5)24-11-8-17-16(7-6-9-20-17)18(23)21-10-12-25-14-15(21)13-22;1-14(2,3)19(4,5)18-10-8-12-11(13(16)17)7-6-9-15-12;15-6-7-20-9-11(12(16)17)14-13(18)19-8-10-4-2-1-3-5-10;14-12(11-9-16-7-6-13-11)15-8-10-4-2-1-3-5-10;8-4-5-6(9)2-1-3-7(5)10;6-4(5(8)9)3-10-2-1-7;7-5(8)4-3-9-2-1-6-4;4-2(1-7)3(5)6;1-2-3-1/h1-10,18H,11-15H2;6-7,9,15,22H,8,10-14H2,1-5H3;6-7,9H,8,10H2,1-5H3,(H,16,17);1-5,11,15H,6-9H2,(H,14,18)(H,16,17);1-5,11,13H,6-9H2;1-4,9-10H;4,7H,1-3,6H2,(H,8,9);4,6H,1-3H2,(H,7,8);2,7H,1,4H2,(H,5,6);1-2H2/t18-;15-;;2*11-;;2*4-;2-;/m01.00.000./s1. The monoisotopic (exact) mass is 2200 g/mol. The van der Waals surface area contributed by atoms with Gasteiger partial charge in [0.1, 0.15) is 74.2 Å². The van der Waals surface area contributed by atoms with Gasteiger partial charge in [0, 0.05) is 139 Å². The van der Waals surface area contributed by atoms with Crippen LogP contribution in [-0.4, -0.2) is 343 Å². The van der Waals surface area contributed by atoms with Crippen molar-refractivity contribution in [3.63, 3.8) is 0 Å². The van der Waals surface area contributed by atoms with E-state index in [-0.39, 0.29) is 114 Å². The number of hydrogen-bond donors (Lipinski definition) is 16. The topological polar surface area (TPSA) is 578 Å². The molecule has 0 bridgehead atoms. The lowest BCUT2D eigenvalue weighted by atomic mass is 10.1. The molecule has 12 rings (SSSR count). The summed E-state index contributed by atoms with van der Waals surface area (Å²) in [7, 11) is -3.59. The maximum atomic E-state index is 13.0. The molecule has 5 aliphatic rings. The lowest BCUT2D eigenvalue weighted by Crippen LogP contribution is -2.51. The van der Waals surface area contributed by atoms with E-state index in [2.05, 4.69) is 111 Å². The summed E-state index contributed by atoms with van der Waals surface area (Å²) in [5.74, 6) is 2.54. The SMILES string of the molecule is C1CO1.CC(C)(C)[Si](C)(C)OCCc1ncccc1C(=O)N1CCSC[C@H]1CO.CC(C)(C)[Si](C)(C)OCCc1ncccc1C(=O)O.N[C@@H](CS)C(=O)O.N[C@@H](CSCCO)C(=O)O.O=C(N[C@@H](CSCCO)C(=O)O)OCc1ccccc1.O=C(O)[C@@H]1CSCCN1.O=C(OCc1ccccc1)[C@@H]1CSCCN1.O=C(OCc1ccccc1)[C@@H]1CSCCN1C(=O)OCc1ccccc1.O=Cc1c(O)cccc1O. The number of nitrogens with zero attached hydrogens (tertiary/aromatic N) is 4. The number of hydrogen-bond acceptors (Lipinski definition) is 36.